The van der Waals surface area contributed by atoms with Crippen LogP contribution in [0, 0.1) is 0 Å². The van der Waals surface area contributed by atoms with E-state index in [0.717, 1.165) is 30.8 Å². The van der Waals surface area contributed by atoms with Crippen LogP contribution >= 0.6 is 35.8 Å². The average Bonchev–Trinajstić information content (AvgIpc) is 3.03. The molecule has 0 aromatic heterocycles. The minimum atomic E-state index is 0. The van der Waals surface area contributed by atoms with Gasteiger partial charge in [0.25, 0.3) is 0 Å². The number of hydrogen-bond donors (Lipinski definition) is 1. The topological polar surface area (TPSA) is 44.7 Å². The van der Waals surface area contributed by atoms with Crippen LogP contribution in [0.5, 0.6) is 0 Å². The Bertz CT molecular complexity index is 648. The fourth-order valence-corrected chi connectivity index (χ4v) is 5.11. The maximum atomic E-state index is 12.5. The van der Waals surface area contributed by atoms with Gasteiger partial charge in [-0.05, 0) is 43.5 Å². The molecular weight excluding hydrogens is 413 g/mol. The summed E-state index contributed by atoms with van der Waals surface area (Å²) in [6.45, 7) is 3.21. The van der Waals surface area contributed by atoms with Crippen LogP contribution in [0.3, 0.4) is 0 Å². The molecule has 2 fully saturated rings. The SMILES string of the molecule is CCCCN1C(=NC2CCCCC2)SCC1CC(=O)Nc1ccc(Cl)cc1.Cl. The van der Waals surface area contributed by atoms with Crippen LogP contribution in [-0.4, -0.2) is 40.4 Å². The number of amidine groups is 1. The predicted octanol–water partition coefficient (Wildman–Crippen LogP) is 6.00. The first-order valence-electron chi connectivity index (χ1n) is 10.2. The van der Waals surface area contributed by atoms with Gasteiger partial charge >= 0.3 is 0 Å². The van der Waals surface area contributed by atoms with Gasteiger partial charge in [-0.3, -0.25) is 9.79 Å². The van der Waals surface area contributed by atoms with E-state index < -0.39 is 0 Å². The molecule has 1 aliphatic heterocycles. The molecule has 4 nitrogen and oxygen atoms in total. The summed E-state index contributed by atoms with van der Waals surface area (Å²) in [5.41, 5.74) is 0.797. The van der Waals surface area contributed by atoms with E-state index >= 15 is 0 Å². The summed E-state index contributed by atoms with van der Waals surface area (Å²) in [6, 6.07) is 7.99. The van der Waals surface area contributed by atoms with Crippen molar-refractivity contribution in [2.45, 2.75) is 70.4 Å². The first-order chi connectivity index (χ1) is 13.2. The Morgan fingerprint density at radius 2 is 1.96 bits per heavy atom. The van der Waals surface area contributed by atoms with Gasteiger partial charge in [-0.15, -0.1) is 12.4 Å². The molecule has 28 heavy (non-hydrogen) atoms. The molecule has 0 spiro atoms. The van der Waals surface area contributed by atoms with Gasteiger partial charge in [-0.2, -0.15) is 0 Å². The summed E-state index contributed by atoms with van der Waals surface area (Å²) < 4.78 is 0. The van der Waals surface area contributed by atoms with Gasteiger partial charge in [-0.1, -0.05) is 56.0 Å². The van der Waals surface area contributed by atoms with Gasteiger partial charge in [0.05, 0.1) is 6.04 Å². The zero-order valence-electron chi connectivity index (χ0n) is 16.5. The van der Waals surface area contributed by atoms with Gasteiger partial charge < -0.3 is 10.2 Å². The smallest absolute Gasteiger partial charge is 0.226 e. The molecule has 0 radical (unpaired) electrons. The largest absolute Gasteiger partial charge is 0.347 e. The van der Waals surface area contributed by atoms with E-state index in [1.807, 2.05) is 23.9 Å². The first-order valence-corrected chi connectivity index (χ1v) is 11.5. The summed E-state index contributed by atoms with van der Waals surface area (Å²) in [7, 11) is 0. The van der Waals surface area contributed by atoms with Crippen molar-refractivity contribution in [3.05, 3.63) is 29.3 Å². The molecule has 1 heterocycles. The van der Waals surface area contributed by atoms with Crippen molar-refractivity contribution in [2.24, 2.45) is 4.99 Å². The van der Waals surface area contributed by atoms with Crippen LogP contribution in [0.15, 0.2) is 29.3 Å². The molecule has 1 saturated carbocycles. The number of amides is 1. The van der Waals surface area contributed by atoms with Crippen molar-refractivity contribution >= 4 is 52.5 Å². The number of carbonyl (C=O) groups excluding carboxylic acids is 1. The summed E-state index contributed by atoms with van der Waals surface area (Å²) in [5, 5.41) is 4.84. The maximum Gasteiger partial charge on any atom is 0.226 e. The monoisotopic (exact) mass is 443 g/mol. The van der Waals surface area contributed by atoms with Crippen molar-refractivity contribution in [2.75, 3.05) is 17.6 Å². The number of benzene rings is 1. The fraction of sp³-hybridized carbons (Fsp3) is 0.619. The minimum Gasteiger partial charge on any atom is -0.347 e. The Morgan fingerprint density at radius 1 is 1.25 bits per heavy atom. The normalized spacial score (nSPS) is 21.6. The fourth-order valence-electron chi connectivity index (χ4n) is 3.71. The van der Waals surface area contributed by atoms with E-state index in [1.54, 1.807) is 12.1 Å². The van der Waals surface area contributed by atoms with Crippen LogP contribution in [0.4, 0.5) is 5.69 Å². The summed E-state index contributed by atoms with van der Waals surface area (Å²) >= 11 is 7.75. The van der Waals surface area contributed by atoms with Gasteiger partial charge in [0.2, 0.25) is 5.91 Å². The quantitative estimate of drug-likeness (QED) is 0.561. The van der Waals surface area contributed by atoms with E-state index in [4.69, 9.17) is 16.6 Å². The van der Waals surface area contributed by atoms with Gasteiger partial charge in [-0.25, -0.2) is 0 Å². The molecular formula is C21H31Cl2N3OS. The molecule has 1 saturated heterocycles. The third-order valence-corrected chi connectivity index (χ3v) is 6.66. The number of carbonyl (C=O) groups is 1. The molecule has 3 rings (SSSR count). The summed E-state index contributed by atoms with van der Waals surface area (Å²) in [5.74, 6) is 1.01. The Kier molecular flexibility index (Phi) is 9.96. The number of rotatable bonds is 7. The molecule has 1 amide bonds. The molecule has 156 valence electrons. The number of aliphatic imine (C=N–C) groups is 1. The average molecular weight is 444 g/mol. The van der Waals surface area contributed by atoms with E-state index in [1.165, 1.54) is 37.3 Å². The number of nitrogens with zero attached hydrogens (tertiary/aromatic N) is 2. The molecule has 0 bridgehead atoms. The number of halogens is 2. The highest BCUT2D eigenvalue weighted by atomic mass is 35.5. The molecule has 2 aliphatic rings. The highest BCUT2D eigenvalue weighted by Crippen LogP contribution is 2.30. The van der Waals surface area contributed by atoms with Crippen molar-refractivity contribution in [1.29, 1.82) is 0 Å². The third-order valence-electron chi connectivity index (χ3n) is 5.26. The summed E-state index contributed by atoms with van der Waals surface area (Å²) in [6.07, 6.45) is 9.18. The second-order valence-electron chi connectivity index (χ2n) is 7.47. The van der Waals surface area contributed by atoms with Crippen molar-refractivity contribution in [3.63, 3.8) is 0 Å². The Hall–Kier alpha value is -0.910. The van der Waals surface area contributed by atoms with E-state index in [-0.39, 0.29) is 24.4 Å². The molecule has 1 atom stereocenters. The summed E-state index contributed by atoms with van der Waals surface area (Å²) in [4.78, 5) is 20.0. The molecule has 1 aromatic carbocycles. The standard InChI is InChI=1S/C21H30ClN3OS.ClH/c1-2-3-13-25-19(14-20(26)23-18-11-9-16(22)10-12-18)15-27-21(25)24-17-7-5-4-6-8-17;/h9-12,17,19H,2-8,13-15H2,1H3,(H,23,26);1H. The number of anilines is 1. The van der Waals surface area contributed by atoms with E-state index in [2.05, 4.69) is 17.1 Å². The lowest BCUT2D eigenvalue weighted by Gasteiger charge is -2.27. The van der Waals surface area contributed by atoms with Gasteiger partial charge in [0.15, 0.2) is 5.17 Å². The third kappa shape index (κ3) is 6.85. The van der Waals surface area contributed by atoms with Crippen LogP contribution in [0.25, 0.3) is 0 Å². The van der Waals surface area contributed by atoms with Gasteiger partial charge in [0, 0.05) is 35.5 Å². The van der Waals surface area contributed by atoms with Crippen molar-refractivity contribution < 1.29 is 4.79 Å². The molecule has 1 aromatic rings. The number of hydrogen-bond acceptors (Lipinski definition) is 3. The zero-order valence-corrected chi connectivity index (χ0v) is 18.9. The molecule has 1 N–H and O–H groups in total. The number of unbranched alkanes of at least 4 members (excludes halogenated alkanes) is 1. The first kappa shape index (κ1) is 23.4. The maximum absolute atomic E-state index is 12.5. The number of nitrogens with one attached hydrogen (secondary N) is 1. The Morgan fingerprint density at radius 3 is 2.64 bits per heavy atom. The van der Waals surface area contributed by atoms with Crippen LogP contribution in [0.2, 0.25) is 5.02 Å². The molecule has 7 heteroatoms. The predicted molar refractivity (Wildman–Crippen MR) is 124 cm³/mol. The van der Waals surface area contributed by atoms with Crippen molar-refractivity contribution in [1.82, 2.24) is 4.90 Å². The highest BCUT2D eigenvalue weighted by Gasteiger charge is 2.32. The zero-order chi connectivity index (χ0) is 19.1. The Labute approximate surface area is 184 Å². The van der Waals surface area contributed by atoms with Crippen LogP contribution in [0.1, 0.15) is 58.3 Å². The molecule has 1 aliphatic carbocycles. The van der Waals surface area contributed by atoms with E-state index in [9.17, 15) is 4.79 Å². The van der Waals surface area contributed by atoms with E-state index in [0.29, 0.717) is 17.5 Å². The van der Waals surface area contributed by atoms with Crippen LogP contribution < -0.4 is 5.32 Å². The lowest BCUT2D eigenvalue weighted by atomic mass is 9.96. The van der Waals surface area contributed by atoms with Crippen molar-refractivity contribution in [3.8, 4) is 0 Å². The second kappa shape index (κ2) is 11.9. The molecule has 1 unspecified atom stereocenters. The highest BCUT2D eigenvalue weighted by molar-refractivity contribution is 8.14. The lowest BCUT2D eigenvalue weighted by Crippen LogP contribution is -2.38. The second-order valence-corrected chi connectivity index (χ2v) is 8.90. The minimum absolute atomic E-state index is 0. The van der Waals surface area contributed by atoms with Crippen LogP contribution in [-0.2, 0) is 4.79 Å². The van der Waals surface area contributed by atoms with Gasteiger partial charge in [0.1, 0.15) is 0 Å². The number of thioether (sulfide) groups is 1. The lowest BCUT2D eigenvalue weighted by molar-refractivity contribution is -0.116. The Balaban J connectivity index is 0.00000280.